The lowest BCUT2D eigenvalue weighted by Gasteiger charge is -2.29. The highest BCUT2D eigenvalue weighted by molar-refractivity contribution is 7.10. The number of aryl methyl sites for hydroxylation is 1. The molecule has 1 saturated carbocycles. The second-order valence-electron chi connectivity index (χ2n) is 6.22. The highest BCUT2D eigenvalue weighted by Gasteiger charge is 2.27. The summed E-state index contributed by atoms with van der Waals surface area (Å²) in [6.45, 7) is 0. The van der Waals surface area contributed by atoms with Crippen molar-refractivity contribution in [2.75, 3.05) is 0 Å². The van der Waals surface area contributed by atoms with Gasteiger partial charge in [0.2, 0.25) is 5.91 Å². The summed E-state index contributed by atoms with van der Waals surface area (Å²) in [5.74, 6) is 0.575. The van der Waals surface area contributed by atoms with Crippen LogP contribution in [0.3, 0.4) is 0 Å². The van der Waals surface area contributed by atoms with E-state index in [4.69, 9.17) is 5.73 Å². The van der Waals surface area contributed by atoms with Crippen molar-refractivity contribution in [3.63, 3.8) is 0 Å². The fourth-order valence-electron chi connectivity index (χ4n) is 3.62. The molecule has 4 heteroatoms. The number of hydrogen-bond donors (Lipinski definition) is 2. The Kier molecular flexibility index (Phi) is 4.41. The molecular formula is C16H24N2OS. The number of amides is 1. The third-order valence-corrected chi connectivity index (χ3v) is 5.80. The summed E-state index contributed by atoms with van der Waals surface area (Å²) in [6.07, 6.45) is 8.68. The predicted octanol–water partition coefficient (Wildman–Crippen LogP) is 3.15. The van der Waals surface area contributed by atoms with Crippen LogP contribution in [0.15, 0.2) is 11.4 Å². The van der Waals surface area contributed by atoms with Crippen molar-refractivity contribution in [2.45, 2.75) is 63.5 Å². The van der Waals surface area contributed by atoms with Gasteiger partial charge in [-0.2, -0.15) is 0 Å². The first-order chi connectivity index (χ1) is 9.74. The largest absolute Gasteiger partial charge is 0.349 e. The maximum Gasteiger partial charge on any atom is 0.220 e. The molecule has 110 valence electrons. The zero-order chi connectivity index (χ0) is 13.9. The van der Waals surface area contributed by atoms with Crippen molar-refractivity contribution >= 4 is 17.2 Å². The first kappa shape index (κ1) is 14.1. The number of fused-ring (bicyclic) bond motifs is 1. The van der Waals surface area contributed by atoms with Gasteiger partial charge in [0.1, 0.15) is 0 Å². The van der Waals surface area contributed by atoms with Crippen molar-refractivity contribution in [3.05, 3.63) is 21.9 Å². The van der Waals surface area contributed by atoms with E-state index in [9.17, 15) is 4.79 Å². The molecule has 0 radical (unpaired) electrons. The number of carbonyl (C=O) groups excluding carboxylic acids is 1. The molecule has 1 aromatic rings. The zero-order valence-corrected chi connectivity index (χ0v) is 12.8. The Morgan fingerprint density at radius 3 is 3.00 bits per heavy atom. The molecule has 3 unspecified atom stereocenters. The van der Waals surface area contributed by atoms with Crippen LogP contribution in [0, 0.1) is 5.92 Å². The Hall–Kier alpha value is -0.870. The molecule has 1 heterocycles. The molecule has 1 aromatic heterocycles. The van der Waals surface area contributed by atoms with Gasteiger partial charge in [0, 0.05) is 17.3 Å². The fraction of sp³-hybridized carbons (Fsp3) is 0.688. The van der Waals surface area contributed by atoms with E-state index < -0.39 is 0 Å². The van der Waals surface area contributed by atoms with Crippen LogP contribution in [-0.2, 0) is 11.2 Å². The predicted molar refractivity (Wildman–Crippen MR) is 82.7 cm³/mol. The fourth-order valence-corrected chi connectivity index (χ4v) is 4.61. The highest BCUT2D eigenvalue weighted by atomic mass is 32.1. The van der Waals surface area contributed by atoms with Gasteiger partial charge in [-0.05, 0) is 55.0 Å². The quantitative estimate of drug-likeness (QED) is 0.899. The minimum absolute atomic E-state index is 0.191. The molecule has 3 N–H and O–H groups in total. The Morgan fingerprint density at radius 1 is 1.30 bits per heavy atom. The number of thiophene rings is 1. The summed E-state index contributed by atoms with van der Waals surface area (Å²) in [5.41, 5.74) is 7.49. The van der Waals surface area contributed by atoms with Gasteiger partial charge in [-0.1, -0.05) is 12.8 Å². The Balaban J connectivity index is 1.57. The van der Waals surface area contributed by atoms with Gasteiger partial charge in [-0.25, -0.2) is 0 Å². The van der Waals surface area contributed by atoms with Gasteiger partial charge in [-0.15, -0.1) is 11.3 Å². The monoisotopic (exact) mass is 292 g/mol. The number of carbonyl (C=O) groups is 1. The van der Waals surface area contributed by atoms with Crippen molar-refractivity contribution in [2.24, 2.45) is 11.7 Å². The summed E-state index contributed by atoms with van der Waals surface area (Å²) >= 11 is 1.82. The maximum atomic E-state index is 12.3. The smallest absolute Gasteiger partial charge is 0.220 e. The Labute approximate surface area is 124 Å². The summed E-state index contributed by atoms with van der Waals surface area (Å²) in [6, 6.07) is 2.63. The first-order valence-corrected chi connectivity index (χ1v) is 8.73. The van der Waals surface area contributed by atoms with E-state index in [1.165, 1.54) is 36.1 Å². The van der Waals surface area contributed by atoms with Crippen LogP contribution in [0.4, 0.5) is 0 Å². The van der Waals surface area contributed by atoms with Crippen molar-refractivity contribution in [3.8, 4) is 0 Å². The molecule has 3 rings (SSSR count). The lowest BCUT2D eigenvalue weighted by molar-refractivity contribution is -0.123. The minimum Gasteiger partial charge on any atom is -0.349 e. The number of nitrogens with two attached hydrogens (primary N) is 1. The summed E-state index contributed by atoms with van der Waals surface area (Å²) in [5, 5.41) is 5.39. The molecule has 0 spiro atoms. The normalized spacial score (nSPS) is 29.8. The second kappa shape index (κ2) is 6.27. The second-order valence-corrected chi connectivity index (χ2v) is 7.22. The number of nitrogens with one attached hydrogen (secondary N) is 1. The van der Waals surface area contributed by atoms with Gasteiger partial charge in [0.05, 0.1) is 6.04 Å². The van der Waals surface area contributed by atoms with Gasteiger partial charge in [-0.3, -0.25) is 4.79 Å². The average molecular weight is 292 g/mol. The number of rotatable bonds is 3. The van der Waals surface area contributed by atoms with Crippen LogP contribution >= 0.6 is 11.3 Å². The third-order valence-electron chi connectivity index (χ3n) is 4.80. The van der Waals surface area contributed by atoms with E-state index in [-0.39, 0.29) is 18.0 Å². The molecule has 0 saturated heterocycles. The average Bonchev–Trinajstić information content (AvgIpc) is 2.91. The summed E-state index contributed by atoms with van der Waals surface area (Å²) in [4.78, 5) is 13.7. The van der Waals surface area contributed by atoms with Crippen molar-refractivity contribution < 1.29 is 4.79 Å². The van der Waals surface area contributed by atoms with Crippen LogP contribution in [0.1, 0.15) is 61.4 Å². The van der Waals surface area contributed by atoms with Crippen molar-refractivity contribution in [1.82, 2.24) is 5.32 Å². The topological polar surface area (TPSA) is 55.1 Å². The molecule has 1 amide bonds. The highest BCUT2D eigenvalue weighted by Crippen LogP contribution is 2.33. The first-order valence-electron chi connectivity index (χ1n) is 7.85. The zero-order valence-electron chi connectivity index (χ0n) is 11.9. The molecule has 3 atom stereocenters. The van der Waals surface area contributed by atoms with Gasteiger partial charge in [0.15, 0.2) is 0 Å². The van der Waals surface area contributed by atoms with Crippen LogP contribution in [0.5, 0.6) is 0 Å². The van der Waals surface area contributed by atoms with E-state index in [1.807, 2.05) is 11.3 Å². The van der Waals surface area contributed by atoms with Gasteiger partial charge in [0.25, 0.3) is 0 Å². The van der Waals surface area contributed by atoms with Crippen LogP contribution in [-0.4, -0.2) is 11.9 Å². The Bertz CT molecular complexity index is 471. The van der Waals surface area contributed by atoms with E-state index in [2.05, 4.69) is 16.8 Å². The van der Waals surface area contributed by atoms with E-state index >= 15 is 0 Å². The van der Waals surface area contributed by atoms with Crippen molar-refractivity contribution in [1.29, 1.82) is 0 Å². The van der Waals surface area contributed by atoms with Crippen LogP contribution in [0.2, 0.25) is 0 Å². The SMILES string of the molecule is NC1CCCCC1CC(=O)NC1CCCc2sccc21. The van der Waals surface area contributed by atoms with E-state index in [0.717, 1.165) is 19.3 Å². The van der Waals surface area contributed by atoms with Gasteiger partial charge < -0.3 is 11.1 Å². The summed E-state index contributed by atoms with van der Waals surface area (Å²) in [7, 11) is 0. The third kappa shape index (κ3) is 3.07. The molecule has 3 nitrogen and oxygen atoms in total. The molecule has 0 aromatic carbocycles. The van der Waals surface area contributed by atoms with E-state index in [0.29, 0.717) is 12.3 Å². The summed E-state index contributed by atoms with van der Waals surface area (Å²) < 4.78 is 0. The number of hydrogen-bond acceptors (Lipinski definition) is 3. The lowest BCUT2D eigenvalue weighted by atomic mass is 9.82. The molecule has 2 aliphatic rings. The van der Waals surface area contributed by atoms with Crippen LogP contribution in [0.25, 0.3) is 0 Å². The molecular weight excluding hydrogens is 268 g/mol. The Morgan fingerprint density at radius 2 is 2.15 bits per heavy atom. The standard InChI is InChI=1S/C16H24N2OS/c17-13-5-2-1-4-11(13)10-16(19)18-14-6-3-7-15-12(14)8-9-20-15/h8-9,11,13-14H,1-7,10,17H2,(H,18,19). The van der Waals surface area contributed by atoms with E-state index in [1.54, 1.807) is 0 Å². The maximum absolute atomic E-state index is 12.3. The lowest BCUT2D eigenvalue weighted by Crippen LogP contribution is -2.38. The van der Waals surface area contributed by atoms with Gasteiger partial charge >= 0.3 is 0 Å². The van der Waals surface area contributed by atoms with Crippen LogP contribution < -0.4 is 11.1 Å². The molecule has 1 fully saturated rings. The minimum atomic E-state index is 0.191. The molecule has 0 bridgehead atoms. The molecule has 20 heavy (non-hydrogen) atoms. The molecule has 0 aliphatic heterocycles. The molecule has 2 aliphatic carbocycles.